The number of carboxylic acids is 1. The van der Waals surface area contributed by atoms with Crippen LogP contribution in [0.4, 0.5) is 0 Å². The molecule has 0 saturated heterocycles. The number of carboxylic acid groups (broad SMARTS) is 1. The third-order valence-corrected chi connectivity index (χ3v) is 2.21. The number of hydrogen-bond acceptors (Lipinski definition) is 4. The van der Waals surface area contributed by atoms with Crippen molar-refractivity contribution >= 4 is 23.2 Å². The van der Waals surface area contributed by atoms with Gasteiger partial charge in [0, 0.05) is 6.04 Å². The zero-order valence-corrected chi connectivity index (χ0v) is 8.59. The topological polar surface area (TPSA) is 79.3 Å². The number of carbonyl (C=O) groups is 2. The summed E-state index contributed by atoms with van der Waals surface area (Å²) in [5.74, 6) is -1.57. The average Bonchev–Trinajstić information content (AvgIpc) is 2.49. The predicted molar refractivity (Wildman–Crippen MR) is 51.7 cm³/mol. The van der Waals surface area contributed by atoms with Crippen molar-refractivity contribution in [3.63, 3.8) is 0 Å². The summed E-state index contributed by atoms with van der Waals surface area (Å²) >= 11 is 0.942. The molecule has 0 saturated carbocycles. The first-order valence-corrected chi connectivity index (χ1v) is 4.88. The van der Waals surface area contributed by atoms with Crippen LogP contribution >= 0.6 is 11.3 Å². The maximum Gasteiger partial charge on any atom is 0.348 e. The number of aromatic nitrogens is 1. The van der Waals surface area contributed by atoms with Crippen LogP contribution in [0.5, 0.6) is 0 Å². The average molecular weight is 214 g/mol. The molecule has 1 rings (SSSR count). The summed E-state index contributed by atoms with van der Waals surface area (Å²) in [5.41, 5.74) is 1.33. The second-order valence-electron chi connectivity index (χ2n) is 2.96. The van der Waals surface area contributed by atoms with Gasteiger partial charge in [-0.05, 0) is 13.8 Å². The molecule has 0 aliphatic rings. The minimum atomic E-state index is -1.12. The fraction of sp³-hybridized carbons (Fsp3) is 0.375. The molecule has 0 atom stereocenters. The van der Waals surface area contributed by atoms with E-state index < -0.39 is 11.9 Å². The zero-order valence-electron chi connectivity index (χ0n) is 7.77. The molecule has 1 amide bonds. The maximum absolute atomic E-state index is 11.4. The van der Waals surface area contributed by atoms with Crippen molar-refractivity contribution in [1.82, 2.24) is 10.3 Å². The van der Waals surface area contributed by atoms with Crippen LogP contribution in [-0.4, -0.2) is 28.0 Å². The highest BCUT2D eigenvalue weighted by Crippen LogP contribution is 2.12. The van der Waals surface area contributed by atoms with Crippen molar-refractivity contribution in [2.75, 3.05) is 0 Å². The molecule has 14 heavy (non-hydrogen) atoms. The molecule has 0 aliphatic carbocycles. The number of amides is 1. The summed E-state index contributed by atoms with van der Waals surface area (Å²) in [5, 5.41) is 11.3. The highest BCUT2D eigenvalue weighted by Gasteiger charge is 2.19. The van der Waals surface area contributed by atoms with Gasteiger partial charge in [-0.15, -0.1) is 11.3 Å². The normalized spacial score (nSPS) is 10.2. The second-order valence-corrected chi connectivity index (χ2v) is 3.82. The van der Waals surface area contributed by atoms with E-state index in [1.807, 2.05) is 0 Å². The lowest BCUT2D eigenvalue weighted by atomic mass is 10.3. The smallest absolute Gasteiger partial charge is 0.348 e. The Bertz CT molecular complexity index is 359. The summed E-state index contributed by atoms with van der Waals surface area (Å²) in [4.78, 5) is 25.8. The van der Waals surface area contributed by atoms with Gasteiger partial charge in [0.05, 0.1) is 5.51 Å². The molecular weight excluding hydrogens is 204 g/mol. The van der Waals surface area contributed by atoms with Crippen LogP contribution < -0.4 is 5.32 Å². The van der Waals surface area contributed by atoms with E-state index in [0.29, 0.717) is 0 Å². The first kappa shape index (κ1) is 10.6. The van der Waals surface area contributed by atoms with Crippen LogP contribution in [0.2, 0.25) is 0 Å². The van der Waals surface area contributed by atoms with Gasteiger partial charge in [0.1, 0.15) is 4.88 Å². The largest absolute Gasteiger partial charge is 0.477 e. The highest BCUT2D eigenvalue weighted by molar-refractivity contribution is 7.12. The van der Waals surface area contributed by atoms with Crippen LogP contribution in [-0.2, 0) is 0 Å². The van der Waals surface area contributed by atoms with E-state index in [4.69, 9.17) is 5.11 Å². The Kier molecular flexibility index (Phi) is 3.19. The molecule has 0 bridgehead atoms. The minimum absolute atomic E-state index is 0.0174. The summed E-state index contributed by atoms with van der Waals surface area (Å²) < 4.78 is 0. The third kappa shape index (κ3) is 2.29. The summed E-state index contributed by atoms with van der Waals surface area (Å²) in [6.07, 6.45) is 0. The molecule has 1 aromatic rings. The molecule has 6 heteroatoms. The van der Waals surface area contributed by atoms with E-state index in [2.05, 4.69) is 10.3 Å². The van der Waals surface area contributed by atoms with Crippen LogP contribution in [0, 0.1) is 0 Å². The van der Waals surface area contributed by atoms with Crippen molar-refractivity contribution in [1.29, 1.82) is 0 Å². The van der Waals surface area contributed by atoms with Crippen LogP contribution in [0.25, 0.3) is 0 Å². The molecule has 0 aliphatic heterocycles. The number of nitrogens with zero attached hydrogens (tertiary/aromatic N) is 1. The zero-order chi connectivity index (χ0) is 10.7. The summed E-state index contributed by atoms with van der Waals surface area (Å²) in [6, 6.07) is -0.0363. The van der Waals surface area contributed by atoms with Gasteiger partial charge < -0.3 is 10.4 Å². The summed E-state index contributed by atoms with van der Waals surface area (Å²) in [6.45, 7) is 3.59. The fourth-order valence-corrected chi connectivity index (χ4v) is 1.51. The monoisotopic (exact) mass is 214 g/mol. The van der Waals surface area contributed by atoms with Crippen molar-refractivity contribution in [2.45, 2.75) is 19.9 Å². The lowest BCUT2D eigenvalue weighted by Gasteiger charge is -2.06. The standard InChI is InChI=1S/C8H10N2O3S/c1-4(2)10-7(11)5-6(8(12)13)14-3-9-5/h3-4H,1-2H3,(H,10,11)(H,12,13). The minimum Gasteiger partial charge on any atom is -0.477 e. The van der Waals surface area contributed by atoms with E-state index >= 15 is 0 Å². The number of hydrogen-bond donors (Lipinski definition) is 2. The van der Waals surface area contributed by atoms with Gasteiger partial charge in [-0.3, -0.25) is 4.79 Å². The molecule has 0 spiro atoms. The Labute approximate surface area is 84.8 Å². The van der Waals surface area contributed by atoms with Crippen LogP contribution in [0.3, 0.4) is 0 Å². The lowest BCUT2D eigenvalue weighted by Crippen LogP contribution is -2.31. The molecule has 1 heterocycles. The summed E-state index contributed by atoms with van der Waals surface area (Å²) in [7, 11) is 0. The van der Waals surface area contributed by atoms with E-state index in [9.17, 15) is 9.59 Å². The van der Waals surface area contributed by atoms with Gasteiger partial charge in [-0.1, -0.05) is 0 Å². The van der Waals surface area contributed by atoms with Crippen molar-refractivity contribution in [3.05, 3.63) is 16.1 Å². The number of nitrogens with one attached hydrogen (secondary N) is 1. The Morgan fingerprint density at radius 2 is 2.21 bits per heavy atom. The van der Waals surface area contributed by atoms with E-state index in [1.54, 1.807) is 13.8 Å². The van der Waals surface area contributed by atoms with Gasteiger partial charge in [0.2, 0.25) is 0 Å². The van der Waals surface area contributed by atoms with Gasteiger partial charge in [-0.25, -0.2) is 9.78 Å². The number of rotatable bonds is 3. The Balaban J connectivity index is 2.90. The van der Waals surface area contributed by atoms with E-state index in [0.717, 1.165) is 11.3 Å². The van der Waals surface area contributed by atoms with Crippen LogP contribution in [0.1, 0.15) is 34.0 Å². The van der Waals surface area contributed by atoms with Gasteiger partial charge >= 0.3 is 5.97 Å². The highest BCUT2D eigenvalue weighted by atomic mass is 32.1. The van der Waals surface area contributed by atoms with Crippen LogP contribution in [0.15, 0.2) is 5.51 Å². The van der Waals surface area contributed by atoms with Crippen molar-refractivity contribution in [2.24, 2.45) is 0 Å². The first-order valence-electron chi connectivity index (χ1n) is 4.00. The molecule has 76 valence electrons. The number of aromatic carboxylic acids is 1. The number of carbonyl (C=O) groups excluding carboxylic acids is 1. The van der Waals surface area contributed by atoms with Gasteiger partial charge in [0.25, 0.3) is 5.91 Å². The Hall–Kier alpha value is -1.43. The second kappa shape index (κ2) is 4.19. The molecule has 5 nitrogen and oxygen atoms in total. The molecule has 2 N–H and O–H groups in total. The maximum atomic E-state index is 11.4. The SMILES string of the molecule is CC(C)NC(=O)c1ncsc1C(=O)O. The molecule has 0 aromatic carbocycles. The van der Waals surface area contributed by atoms with Gasteiger partial charge in [-0.2, -0.15) is 0 Å². The first-order chi connectivity index (χ1) is 6.52. The van der Waals surface area contributed by atoms with Gasteiger partial charge in [0.15, 0.2) is 5.69 Å². The van der Waals surface area contributed by atoms with E-state index in [-0.39, 0.29) is 16.6 Å². The third-order valence-electron chi connectivity index (χ3n) is 1.40. The predicted octanol–water partition coefficient (Wildman–Crippen LogP) is 0.980. The Morgan fingerprint density at radius 3 is 2.71 bits per heavy atom. The molecule has 0 radical (unpaired) electrons. The molecule has 1 aromatic heterocycles. The van der Waals surface area contributed by atoms with Crippen molar-refractivity contribution in [3.8, 4) is 0 Å². The lowest BCUT2D eigenvalue weighted by molar-refractivity contribution is 0.0695. The molecule has 0 unspecified atom stereocenters. The van der Waals surface area contributed by atoms with Crippen molar-refractivity contribution < 1.29 is 14.7 Å². The molecular formula is C8H10N2O3S. The fourth-order valence-electron chi connectivity index (χ4n) is 0.890. The Morgan fingerprint density at radius 1 is 1.57 bits per heavy atom. The van der Waals surface area contributed by atoms with E-state index in [1.165, 1.54) is 5.51 Å². The quantitative estimate of drug-likeness (QED) is 0.786. The number of thiazole rings is 1. The molecule has 0 fully saturated rings.